The molecule has 0 spiro atoms. The summed E-state index contributed by atoms with van der Waals surface area (Å²) in [5, 5.41) is 0. The molecule has 31 heavy (non-hydrogen) atoms. The summed E-state index contributed by atoms with van der Waals surface area (Å²) in [5.74, 6) is -0.0410. The average Bonchev–Trinajstić information content (AvgIpc) is 3.30. The van der Waals surface area contributed by atoms with Gasteiger partial charge in [-0.25, -0.2) is 17.5 Å². The molecule has 0 saturated carbocycles. The van der Waals surface area contributed by atoms with Crippen molar-refractivity contribution in [1.29, 1.82) is 0 Å². The van der Waals surface area contributed by atoms with Gasteiger partial charge in [-0.2, -0.15) is 0 Å². The third kappa shape index (κ3) is 5.90. The van der Waals surface area contributed by atoms with E-state index in [2.05, 4.69) is 4.72 Å². The van der Waals surface area contributed by atoms with Gasteiger partial charge in [0.05, 0.1) is 23.7 Å². The lowest BCUT2D eigenvalue weighted by Gasteiger charge is -2.24. The first kappa shape index (κ1) is 22.5. The van der Waals surface area contributed by atoms with Gasteiger partial charge < -0.3 is 9.32 Å². The number of hydrogen-bond acceptors (Lipinski definition) is 4. The van der Waals surface area contributed by atoms with Crippen LogP contribution < -0.4 is 4.72 Å². The standard InChI is InChI=1S/C23H23FN2O4S/c1-17(19-8-10-20(24)11-9-19)26(2)23(27)14-7-18-5-12-22(13-6-18)31(28,29)25-16-21-4-3-15-30-21/h3-15,17,25H,16H2,1-2H3/b14-7+. The van der Waals surface area contributed by atoms with Gasteiger partial charge in [-0.15, -0.1) is 0 Å². The second-order valence-electron chi connectivity index (χ2n) is 6.98. The van der Waals surface area contributed by atoms with E-state index in [0.717, 1.165) is 5.56 Å². The number of furan rings is 1. The Morgan fingerprint density at radius 3 is 2.42 bits per heavy atom. The predicted molar refractivity (Wildman–Crippen MR) is 116 cm³/mol. The van der Waals surface area contributed by atoms with Gasteiger partial charge in [0.15, 0.2) is 0 Å². The van der Waals surface area contributed by atoms with E-state index >= 15 is 0 Å². The van der Waals surface area contributed by atoms with E-state index in [1.165, 1.54) is 36.6 Å². The second kappa shape index (κ2) is 9.72. The number of carbonyl (C=O) groups is 1. The molecule has 3 rings (SSSR count). The Morgan fingerprint density at radius 2 is 1.81 bits per heavy atom. The number of halogens is 1. The fraction of sp³-hybridized carbons (Fsp3) is 0.174. The van der Waals surface area contributed by atoms with Gasteiger partial charge in [0, 0.05) is 13.1 Å². The monoisotopic (exact) mass is 442 g/mol. The molecule has 0 radical (unpaired) electrons. The lowest BCUT2D eigenvalue weighted by atomic mass is 10.1. The molecule has 0 aliphatic rings. The lowest BCUT2D eigenvalue weighted by molar-refractivity contribution is -0.126. The van der Waals surface area contributed by atoms with Gasteiger partial charge in [0.1, 0.15) is 11.6 Å². The Kier molecular flexibility index (Phi) is 7.04. The van der Waals surface area contributed by atoms with Crippen LogP contribution in [-0.4, -0.2) is 26.3 Å². The number of nitrogens with zero attached hydrogens (tertiary/aromatic N) is 1. The molecule has 0 bridgehead atoms. The van der Waals surface area contributed by atoms with Crippen molar-refractivity contribution < 1.29 is 22.0 Å². The minimum atomic E-state index is -3.68. The molecule has 0 saturated heterocycles. The van der Waals surface area contributed by atoms with Crippen molar-refractivity contribution in [2.45, 2.75) is 24.4 Å². The Labute approximate surface area is 181 Å². The quantitative estimate of drug-likeness (QED) is 0.532. The van der Waals surface area contributed by atoms with Crippen LogP contribution in [0.5, 0.6) is 0 Å². The summed E-state index contributed by atoms with van der Waals surface area (Å²) < 4.78 is 45.4. The molecule has 1 N–H and O–H groups in total. The molecule has 162 valence electrons. The summed E-state index contributed by atoms with van der Waals surface area (Å²) in [6.45, 7) is 1.92. The van der Waals surface area contributed by atoms with E-state index in [1.54, 1.807) is 54.4 Å². The van der Waals surface area contributed by atoms with Crippen LogP contribution in [-0.2, 0) is 21.4 Å². The molecule has 8 heteroatoms. The van der Waals surface area contributed by atoms with Crippen LogP contribution >= 0.6 is 0 Å². The minimum absolute atomic E-state index is 0.0596. The van der Waals surface area contributed by atoms with E-state index in [-0.39, 0.29) is 29.2 Å². The van der Waals surface area contributed by atoms with Crippen LogP contribution in [0.1, 0.15) is 29.9 Å². The number of likely N-dealkylation sites (N-methyl/N-ethyl adjacent to an activating group) is 1. The van der Waals surface area contributed by atoms with Gasteiger partial charge in [-0.1, -0.05) is 24.3 Å². The summed E-state index contributed by atoms with van der Waals surface area (Å²) >= 11 is 0. The molecule has 6 nitrogen and oxygen atoms in total. The highest BCUT2D eigenvalue weighted by Crippen LogP contribution is 2.20. The van der Waals surface area contributed by atoms with Crippen LogP contribution in [0.3, 0.4) is 0 Å². The fourth-order valence-electron chi connectivity index (χ4n) is 2.86. The lowest BCUT2D eigenvalue weighted by Crippen LogP contribution is -2.27. The van der Waals surface area contributed by atoms with Crippen molar-refractivity contribution in [2.75, 3.05) is 7.05 Å². The molecule has 1 heterocycles. The topological polar surface area (TPSA) is 79.6 Å². The van der Waals surface area contributed by atoms with Crippen molar-refractivity contribution in [3.63, 3.8) is 0 Å². The zero-order chi connectivity index (χ0) is 22.4. The van der Waals surface area contributed by atoms with Gasteiger partial charge in [0.2, 0.25) is 15.9 Å². The molecule has 1 unspecified atom stereocenters. The molecule has 0 fully saturated rings. The molecule has 1 amide bonds. The maximum Gasteiger partial charge on any atom is 0.246 e. The highest BCUT2D eigenvalue weighted by atomic mass is 32.2. The summed E-state index contributed by atoms with van der Waals surface area (Å²) in [5.41, 5.74) is 1.50. The first-order valence-corrected chi connectivity index (χ1v) is 11.1. The first-order valence-electron chi connectivity index (χ1n) is 9.59. The third-order valence-electron chi connectivity index (χ3n) is 4.91. The molecular formula is C23H23FN2O4S. The number of rotatable bonds is 8. The number of hydrogen-bond donors (Lipinski definition) is 1. The molecule has 0 aliphatic heterocycles. The van der Waals surface area contributed by atoms with Gasteiger partial charge in [-0.05, 0) is 60.5 Å². The third-order valence-corrected chi connectivity index (χ3v) is 6.32. The van der Waals surface area contributed by atoms with Crippen LogP contribution in [0.25, 0.3) is 6.08 Å². The van der Waals surface area contributed by atoms with E-state index < -0.39 is 10.0 Å². The Balaban J connectivity index is 1.61. The second-order valence-corrected chi connectivity index (χ2v) is 8.75. The summed E-state index contributed by atoms with van der Waals surface area (Å²) in [6, 6.07) is 15.3. The minimum Gasteiger partial charge on any atom is -0.468 e. The first-order chi connectivity index (χ1) is 14.8. The summed E-state index contributed by atoms with van der Waals surface area (Å²) in [6.07, 6.45) is 4.51. The van der Waals surface area contributed by atoms with Crippen molar-refractivity contribution in [3.05, 3.63) is 95.7 Å². The maximum atomic E-state index is 13.1. The van der Waals surface area contributed by atoms with Crippen LogP contribution in [0.2, 0.25) is 0 Å². The molecular weight excluding hydrogens is 419 g/mol. The normalized spacial score (nSPS) is 12.7. The van der Waals surface area contributed by atoms with Crippen LogP contribution in [0, 0.1) is 5.82 Å². The zero-order valence-corrected chi connectivity index (χ0v) is 18.0. The summed E-state index contributed by atoms with van der Waals surface area (Å²) in [7, 11) is -2.01. The number of carbonyl (C=O) groups excluding carboxylic acids is 1. The largest absolute Gasteiger partial charge is 0.468 e. The smallest absolute Gasteiger partial charge is 0.246 e. The molecule has 3 aromatic rings. The average molecular weight is 443 g/mol. The van der Waals surface area contributed by atoms with Crippen molar-refractivity contribution in [2.24, 2.45) is 0 Å². The number of benzene rings is 2. The van der Waals surface area contributed by atoms with Gasteiger partial charge >= 0.3 is 0 Å². The Hall–Kier alpha value is -3.23. The number of amides is 1. The Morgan fingerprint density at radius 1 is 1.13 bits per heavy atom. The molecule has 1 atom stereocenters. The Bertz CT molecular complexity index is 1140. The maximum absolute atomic E-state index is 13.1. The summed E-state index contributed by atoms with van der Waals surface area (Å²) in [4.78, 5) is 14.1. The SMILES string of the molecule is CC(c1ccc(F)cc1)N(C)C(=O)/C=C/c1ccc(S(=O)(=O)NCc2ccco2)cc1. The van der Waals surface area contributed by atoms with Crippen LogP contribution in [0.15, 0.2) is 82.3 Å². The van der Waals surface area contributed by atoms with Crippen molar-refractivity contribution >= 4 is 22.0 Å². The fourth-order valence-corrected chi connectivity index (χ4v) is 3.85. The van der Waals surface area contributed by atoms with E-state index in [1.807, 2.05) is 6.92 Å². The zero-order valence-electron chi connectivity index (χ0n) is 17.2. The van der Waals surface area contributed by atoms with Gasteiger partial charge in [0.25, 0.3) is 0 Å². The van der Waals surface area contributed by atoms with Crippen molar-refractivity contribution in [3.8, 4) is 0 Å². The van der Waals surface area contributed by atoms with Gasteiger partial charge in [-0.3, -0.25) is 4.79 Å². The highest BCUT2D eigenvalue weighted by molar-refractivity contribution is 7.89. The van der Waals surface area contributed by atoms with Crippen molar-refractivity contribution in [1.82, 2.24) is 9.62 Å². The van der Waals surface area contributed by atoms with E-state index in [9.17, 15) is 17.6 Å². The highest BCUT2D eigenvalue weighted by Gasteiger charge is 2.16. The molecule has 1 aromatic heterocycles. The molecule has 0 aliphatic carbocycles. The van der Waals surface area contributed by atoms with E-state index in [4.69, 9.17) is 4.42 Å². The number of nitrogens with one attached hydrogen (secondary N) is 1. The number of sulfonamides is 1. The van der Waals surface area contributed by atoms with E-state index in [0.29, 0.717) is 11.3 Å². The van der Waals surface area contributed by atoms with Crippen LogP contribution in [0.4, 0.5) is 4.39 Å². The molecule has 2 aromatic carbocycles. The predicted octanol–water partition coefficient (Wildman–Crippen LogP) is 4.13.